The number of nitrogens with one attached hydrogen (secondary N) is 1. The maximum atomic E-state index is 12.2. The van der Waals surface area contributed by atoms with E-state index in [4.69, 9.17) is 11.6 Å². The van der Waals surface area contributed by atoms with Gasteiger partial charge in [0.05, 0.1) is 0 Å². The van der Waals surface area contributed by atoms with Crippen LogP contribution in [0.4, 0.5) is 5.69 Å². The van der Waals surface area contributed by atoms with Gasteiger partial charge in [-0.3, -0.25) is 4.79 Å². The third kappa shape index (κ3) is 1.74. The molecule has 1 unspecified atom stereocenters. The molecule has 0 saturated carbocycles. The first-order chi connectivity index (χ1) is 9.01. The number of carbonyl (C=O) groups excluding carboxylic acids is 1. The quantitative estimate of drug-likeness (QED) is 0.839. The van der Waals surface area contributed by atoms with Gasteiger partial charge >= 0.3 is 0 Å². The van der Waals surface area contributed by atoms with Gasteiger partial charge in [0.15, 0.2) is 5.60 Å². The Kier molecular flexibility index (Phi) is 2.62. The zero-order valence-corrected chi connectivity index (χ0v) is 11.0. The van der Waals surface area contributed by atoms with Gasteiger partial charge in [-0.25, -0.2) is 0 Å². The Labute approximate surface area is 115 Å². The molecule has 1 atom stereocenters. The highest BCUT2D eigenvalue weighted by atomic mass is 35.5. The number of hydrogen-bond acceptors (Lipinski definition) is 2. The average Bonchev–Trinajstić information content (AvgIpc) is 2.63. The summed E-state index contributed by atoms with van der Waals surface area (Å²) >= 11 is 5.97. The van der Waals surface area contributed by atoms with Gasteiger partial charge in [0.2, 0.25) is 0 Å². The molecule has 0 aromatic heterocycles. The molecule has 19 heavy (non-hydrogen) atoms. The van der Waals surface area contributed by atoms with Crippen molar-refractivity contribution in [3.63, 3.8) is 0 Å². The molecule has 2 aromatic carbocycles. The lowest BCUT2D eigenvalue weighted by Crippen LogP contribution is -2.35. The summed E-state index contributed by atoms with van der Waals surface area (Å²) in [4.78, 5) is 12.2. The van der Waals surface area contributed by atoms with Crippen LogP contribution in [0.15, 0.2) is 42.5 Å². The lowest BCUT2D eigenvalue weighted by atomic mass is 9.87. The summed E-state index contributed by atoms with van der Waals surface area (Å²) in [7, 11) is 0. The molecule has 0 bridgehead atoms. The van der Waals surface area contributed by atoms with Gasteiger partial charge in [-0.05, 0) is 30.7 Å². The summed E-state index contributed by atoms with van der Waals surface area (Å²) in [5.41, 5.74) is 0.945. The van der Waals surface area contributed by atoms with Crippen LogP contribution in [-0.2, 0) is 10.4 Å². The highest BCUT2D eigenvalue weighted by molar-refractivity contribution is 6.31. The number of hydrogen-bond donors (Lipinski definition) is 2. The zero-order chi connectivity index (χ0) is 13.6. The van der Waals surface area contributed by atoms with Crippen molar-refractivity contribution in [2.45, 2.75) is 12.5 Å². The molecule has 0 aliphatic carbocycles. The second-order valence-corrected chi connectivity index (χ2v) is 5.16. The molecule has 1 amide bonds. The summed E-state index contributed by atoms with van der Waals surface area (Å²) in [6.45, 7) is 1.92. The summed E-state index contributed by atoms with van der Waals surface area (Å²) in [5.74, 6) is -0.449. The van der Waals surface area contributed by atoms with Gasteiger partial charge in [-0.1, -0.05) is 41.4 Å². The van der Waals surface area contributed by atoms with E-state index < -0.39 is 11.5 Å². The Morgan fingerprint density at radius 3 is 2.74 bits per heavy atom. The monoisotopic (exact) mass is 273 g/mol. The fourth-order valence-corrected chi connectivity index (χ4v) is 2.59. The number of rotatable bonds is 1. The molecule has 0 spiro atoms. The maximum Gasteiger partial charge on any atom is 0.265 e. The number of amides is 1. The van der Waals surface area contributed by atoms with Crippen LogP contribution in [0.2, 0.25) is 5.02 Å². The molecule has 96 valence electrons. The van der Waals surface area contributed by atoms with Crippen LogP contribution in [0, 0.1) is 6.92 Å². The largest absolute Gasteiger partial charge is 0.372 e. The van der Waals surface area contributed by atoms with E-state index >= 15 is 0 Å². The van der Waals surface area contributed by atoms with Gasteiger partial charge in [0.1, 0.15) is 0 Å². The molecule has 3 nitrogen and oxygen atoms in total. The number of carbonyl (C=O) groups is 1. The number of aliphatic hydroxyl groups is 1. The lowest BCUT2D eigenvalue weighted by molar-refractivity contribution is -0.129. The van der Waals surface area contributed by atoms with Crippen molar-refractivity contribution in [1.82, 2.24) is 0 Å². The summed E-state index contributed by atoms with van der Waals surface area (Å²) in [5, 5.41) is 14.0. The van der Waals surface area contributed by atoms with E-state index in [0.29, 0.717) is 21.8 Å². The third-order valence-electron chi connectivity index (χ3n) is 3.38. The van der Waals surface area contributed by atoms with E-state index in [0.717, 1.165) is 5.56 Å². The molecule has 0 fully saturated rings. The number of fused-ring (bicyclic) bond motifs is 1. The Bertz CT molecular complexity index is 684. The number of benzene rings is 2. The van der Waals surface area contributed by atoms with Crippen molar-refractivity contribution >= 4 is 23.2 Å². The van der Waals surface area contributed by atoms with Crippen LogP contribution < -0.4 is 5.32 Å². The maximum absolute atomic E-state index is 12.2. The van der Waals surface area contributed by atoms with Crippen LogP contribution in [-0.4, -0.2) is 11.0 Å². The van der Waals surface area contributed by atoms with E-state index in [9.17, 15) is 9.90 Å². The molecule has 1 aliphatic heterocycles. The first-order valence-electron chi connectivity index (χ1n) is 5.93. The summed E-state index contributed by atoms with van der Waals surface area (Å²) < 4.78 is 0. The van der Waals surface area contributed by atoms with Crippen molar-refractivity contribution in [2.75, 3.05) is 5.32 Å². The van der Waals surface area contributed by atoms with E-state index in [1.807, 2.05) is 19.1 Å². The molecule has 0 saturated heterocycles. The summed E-state index contributed by atoms with van der Waals surface area (Å²) in [6, 6.07) is 12.3. The van der Waals surface area contributed by atoms with Gasteiger partial charge in [-0.15, -0.1) is 0 Å². The molecule has 1 heterocycles. The predicted molar refractivity (Wildman–Crippen MR) is 74.3 cm³/mol. The highest BCUT2D eigenvalue weighted by Crippen LogP contribution is 2.42. The first-order valence-corrected chi connectivity index (χ1v) is 6.30. The van der Waals surface area contributed by atoms with Crippen LogP contribution in [0.25, 0.3) is 0 Å². The van der Waals surface area contributed by atoms with Crippen LogP contribution in [0.1, 0.15) is 16.7 Å². The number of anilines is 1. The standard InChI is InChI=1S/C15H12ClNO2/c1-9-3-2-4-10(7-9)15(19)12-8-11(16)5-6-13(12)17-14(15)18/h2-8,19H,1H3,(H,17,18). The Hall–Kier alpha value is -1.84. The molecule has 1 aliphatic rings. The summed E-state index contributed by atoms with van der Waals surface area (Å²) in [6.07, 6.45) is 0. The first kappa shape index (κ1) is 12.2. The van der Waals surface area contributed by atoms with Crippen molar-refractivity contribution in [3.05, 3.63) is 64.2 Å². The molecule has 2 N–H and O–H groups in total. The van der Waals surface area contributed by atoms with Crippen molar-refractivity contribution < 1.29 is 9.90 Å². The normalized spacial score (nSPS) is 21.1. The van der Waals surface area contributed by atoms with Crippen LogP contribution in [0.5, 0.6) is 0 Å². The lowest BCUT2D eigenvalue weighted by Gasteiger charge is -2.21. The van der Waals surface area contributed by atoms with Gasteiger partial charge in [-0.2, -0.15) is 0 Å². The average molecular weight is 274 g/mol. The fraction of sp³-hybridized carbons (Fsp3) is 0.133. The molecular weight excluding hydrogens is 262 g/mol. The SMILES string of the molecule is Cc1cccc(C2(O)C(=O)Nc3ccc(Cl)cc32)c1. The Morgan fingerprint density at radius 2 is 2.00 bits per heavy atom. The van der Waals surface area contributed by atoms with Crippen LogP contribution >= 0.6 is 11.6 Å². The van der Waals surface area contributed by atoms with Gasteiger partial charge in [0, 0.05) is 16.3 Å². The Morgan fingerprint density at radius 1 is 1.21 bits per heavy atom. The van der Waals surface area contributed by atoms with Crippen LogP contribution in [0.3, 0.4) is 0 Å². The van der Waals surface area contributed by atoms with E-state index in [2.05, 4.69) is 5.32 Å². The minimum Gasteiger partial charge on any atom is -0.372 e. The number of halogens is 1. The Balaban J connectivity index is 2.25. The minimum absolute atomic E-state index is 0.449. The molecule has 0 radical (unpaired) electrons. The van der Waals surface area contributed by atoms with E-state index in [1.165, 1.54) is 0 Å². The predicted octanol–water partition coefficient (Wildman–Crippen LogP) is 2.84. The molecule has 3 rings (SSSR count). The highest BCUT2D eigenvalue weighted by Gasteiger charge is 2.46. The molecule has 2 aromatic rings. The number of aryl methyl sites for hydroxylation is 1. The van der Waals surface area contributed by atoms with Gasteiger partial charge in [0.25, 0.3) is 5.91 Å². The third-order valence-corrected chi connectivity index (χ3v) is 3.62. The zero-order valence-electron chi connectivity index (χ0n) is 10.3. The second-order valence-electron chi connectivity index (χ2n) is 4.72. The van der Waals surface area contributed by atoms with E-state index in [-0.39, 0.29) is 0 Å². The smallest absolute Gasteiger partial charge is 0.265 e. The topological polar surface area (TPSA) is 49.3 Å². The fourth-order valence-electron chi connectivity index (χ4n) is 2.42. The van der Waals surface area contributed by atoms with Crippen molar-refractivity contribution in [2.24, 2.45) is 0 Å². The molecular formula is C15H12ClNO2. The minimum atomic E-state index is -1.67. The van der Waals surface area contributed by atoms with Crippen molar-refractivity contribution in [1.29, 1.82) is 0 Å². The van der Waals surface area contributed by atoms with Crippen molar-refractivity contribution in [3.8, 4) is 0 Å². The van der Waals surface area contributed by atoms with Gasteiger partial charge < -0.3 is 10.4 Å². The van der Waals surface area contributed by atoms with E-state index in [1.54, 1.807) is 30.3 Å². The molecule has 4 heteroatoms. The second kappa shape index (κ2) is 4.08.